The van der Waals surface area contributed by atoms with Gasteiger partial charge in [-0.25, -0.2) is 9.78 Å². The maximum Gasteiger partial charge on any atom is 0.401 e. The third-order valence-electron chi connectivity index (χ3n) is 3.72. The third kappa shape index (κ3) is 3.21. The monoisotopic (exact) mass is 342 g/mol. The topological polar surface area (TPSA) is 97.7 Å². The molecule has 0 aliphatic carbocycles. The highest BCUT2D eigenvalue weighted by Crippen LogP contribution is 2.26. The van der Waals surface area contributed by atoms with Gasteiger partial charge in [0.2, 0.25) is 23.4 Å². The molecule has 0 radical (unpaired) electrons. The second-order valence-corrected chi connectivity index (χ2v) is 5.58. The predicted molar refractivity (Wildman–Crippen MR) is 89.3 cm³/mol. The average Bonchev–Trinajstić information content (AvgIpc) is 3.14. The first-order valence-electron chi connectivity index (χ1n) is 7.89. The van der Waals surface area contributed by atoms with Crippen molar-refractivity contribution < 1.29 is 24.3 Å². The fourth-order valence-electron chi connectivity index (χ4n) is 2.47. The van der Waals surface area contributed by atoms with Crippen LogP contribution in [0.5, 0.6) is 11.8 Å². The fourth-order valence-corrected chi connectivity index (χ4v) is 2.47. The molecule has 1 aromatic carbocycles. The van der Waals surface area contributed by atoms with Gasteiger partial charge in [0.1, 0.15) is 0 Å². The van der Waals surface area contributed by atoms with Gasteiger partial charge in [0.25, 0.3) is 0 Å². The molecule has 0 saturated heterocycles. The maximum absolute atomic E-state index is 12.4. The molecule has 2 heterocycles. The van der Waals surface area contributed by atoms with Crippen LogP contribution in [0.2, 0.25) is 0 Å². The Morgan fingerprint density at radius 2 is 1.88 bits per heavy atom. The summed E-state index contributed by atoms with van der Waals surface area (Å²) in [4.78, 5) is 21.9. The molecule has 0 atom stereocenters. The van der Waals surface area contributed by atoms with Gasteiger partial charge in [-0.05, 0) is 25.0 Å². The van der Waals surface area contributed by atoms with Gasteiger partial charge >= 0.3 is 5.97 Å². The number of carbonyl (C=O) groups excluding carboxylic acids is 1. The molecule has 130 valence electrons. The molecule has 25 heavy (non-hydrogen) atoms. The lowest BCUT2D eigenvalue weighted by molar-refractivity contribution is 0.0346. The lowest BCUT2D eigenvalue weighted by Crippen LogP contribution is -2.19. The van der Waals surface area contributed by atoms with Crippen molar-refractivity contribution in [2.45, 2.75) is 26.7 Å². The molecule has 0 amide bonds. The molecule has 2 aromatic heterocycles. The Balaban J connectivity index is 1.97. The van der Waals surface area contributed by atoms with Crippen LogP contribution in [0.15, 0.2) is 40.8 Å². The summed E-state index contributed by atoms with van der Waals surface area (Å²) >= 11 is 0. The Hall–Kier alpha value is -3.22. The summed E-state index contributed by atoms with van der Waals surface area (Å²) in [6.07, 6.45) is 1.30. The van der Waals surface area contributed by atoms with Gasteiger partial charge in [0.05, 0.1) is 5.69 Å². The zero-order valence-electron chi connectivity index (χ0n) is 13.9. The van der Waals surface area contributed by atoms with Gasteiger partial charge in [-0.15, -0.1) is 4.73 Å². The number of aromatic hydroxyl groups is 2. The molecule has 7 heteroatoms. The van der Waals surface area contributed by atoms with Crippen LogP contribution in [-0.4, -0.2) is 25.9 Å². The Morgan fingerprint density at radius 3 is 2.52 bits per heavy atom. The zero-order valence-corrected chi connectivity index (χ0v) is 13.9. The van der Waals surface area contributed by atoms with E-state index in [4.69, 9.17) is 9.25 Å². The molecular formula is C18H18N2O5. The minimum atomic E-state index is -0.849. The van der Waals surface area contributed by atoms with Crippen LogP contribution in [0.25, 0.3) is 11.5 Å². The number of aryl methyl sites for hydroxylation is 2. The number of rotatable bonds is 5. The first-order valence-corrected chi connectivity index (χ1v) is 7.89. The Morgan fingerprint density at radius 1 is 1.20 bits per heavy atom. The summed E-state index contributed by atoms with van der Waals surface area (Å²) in [7, 11) is 0. The molecule has 0 saturated carbocycles. The molecule has 3 aromatic rings. The van der Waals surface area contributed by atoms with Gasteiger partial charge in [-0.3, -0.25) is 0 Å². The number of nitrogens with zero attached hydrogens (tertiary/aromatic N) is 2. The van der Waals surface area contributed by atoms with Crippen molar-refractivity contribution in [1.29, 1.82) is 0 Å². The maximum atomic E-state index is 12.4. The summed E-state index contributed by atoms with van der Waals surface area (Å²) < 4.78 is 6.28. The fraction of sp³-hybridized carbons (Fsp3) is 0.222. The van der Waals surface area contributed by atoms with Crippen LogP contribution in [0.1, 0.15) is 35.2 Å². The first kappa shape index (κ1) is 16.6. The number of benzene rings is 1. The SMILES string of the molecule is CCCc1nc(-c2ccccc2C)oc1C(=O)On1c(O)ccc1O. The van der Waals surface area contributed by atoms with Crippen LogP contribution >= 0.6 is 0 Å². The van der Waals surface area contributed by atoms with Crippen molar-refractivity contribution in [3.8, 4) is 23.2 Å². The summed E-state index contributed by atoms with van der Waals surface area (Å²) in [6.45, 7) is 3.88. The smallest absolute Gasteiger partial charge is 0.401 e. The molecule has 0 aliphatic heterocycles. The Kier molecular flexibility index (Phi) is 4.47. The summed E-state index contributed by atoms with van der Waals surface area (Å²) in [6, 6.07) is 9.95. The van der Waals surface area contributed by atoms with E-state index in [9.17, 15) is 15.0 Å². The summed E-state index contributed by atoms with van der Waals surface area (Å²) in [5, 5.41) is 19.2. The molecule has 0 spiro atoms. The van der Waals surface area contributed by atoms with E-state index in [1.165, 1.54) is 12.1 Å². The van der Waals surface area contributed by atoms with Crippen LogP contribution in [0, 0.1) is 6.92 Å². The minimum Gasteiger partial charge on any atom is -0.492 e. The van der Waals surface area contributed by atoms with E-state index in [1.807, 2.05) is 38.1 Å². The van der Waals surface area contributed by atoms with Crippen molar-refractivity contribution in [3.63, 3.8) is 0 Å². The van der Waals surface area contributed by atoms with Crippen molar-refractivity contribution >= 4 is 5.97 Å². The van der Waals surface area contributed by atoms with Gasteiger partial charge in [0.15, 0.2) is 0 Å². The number of oxazole rings is 1. The number of carbonyl (C=O) groups is 1. The molecule has 0 fully saturated rings. The number of hydrogen-bond acceptors (Lipinski definition) is 6. The van der Waals surface area contributed by atoms with E-state index in [0.717, 1.165) is 17.5 Å². The second kappa shape index (κ2) is 6.72. The molecule has 0 bridgehead atoms. The number of hydrogen-bond donors (Lipinski definition) is 2. The van der Waals surface area contributed by atoms with E-state index in [1.54, 1.807) is 0 Å². The predicted octanol–water partition coefficient (Wildman–Crippen LogP) is 3.08. The van der Waals surface area contributed by atoms with Gasteiger partial charge < -0.3 is 19.5 Å². The highest BCUT2D eigenvalue weighted by Gasteiger charge is 2.24. The van der Waals surface area contributed by atoms with E-state index in [2.05, 4.69) is 4.98 Å². The zero-order chi connectivity index (χ0) is 18.0. The van der Waals surface area contributed by atoms with E-state index >= 15 is 0 Å². The highest BCUT2D eigenvalue weighted by molar-refractivity contribution is 5.88. The average molecular weight is 342 g/mol. The highest BCUT2D eigenvalue weighted by atomic mass is 16.7. The van der Waals surface area contributed by atoms with Crippen molar-refractivity contribution in [2.24, 2.45) is 0 Å². The van der Waals surface area contributed by atoms with Crippen LogP contribution in [0.3, 0.4) is 0 Å². The summed E-state index contributed by atoms with van der Waals surface area (Å²) in [5.74, 6) is -1.37. The van der Waals surface area contributed by atoms with Gasteiger partial charge in [0, 0.05) is 17.7 Å². The van der Waals surface area contributed by atoms with Gasteiger partial charge in [-0.2, -0.15) is 0 Å². The normalized spacial score (nSPS) is 10.8. The lowest BCUT2D eigenvalue weighted by Gasteiger charge is -2.05. The van der Waals surface area contributed by atoms with Crippen molar-refractivity contribution in [2.75, 3.05) is 0 Å². The van der Waals surface area contributed by atoms with Crippen molar-refractivity contribution in [3.05, 3.63) is 53.4 Å². The molecule has 2 N–H and O–H groups in total. The molecule has 0 aliphatic rings. The largest absolute Gasteiger partial charge is 0.492 e. The summed E-state index contributed by atoms with van der Waals surface area (Å²) in [5.41, 5.74) is 2.22. The third-order valence-corrected chi connectivity index (χ3v) is 3.72. The molecular weight excluding hydrogens is 324 g/mol. The van der Waals surface area contributed by atoms with Crippen LogP contribution in [0.4, 0.5) is 0 Å². The first-order chi connectivity index (χ1) is 12.0. The van der Waals surface area contributed by atoms with E-state index in [0.29, 0.717) is 22.7 Å². The molecule has 0 unspecified atom stereocenters. The Bertz CT molecular complexity index is 891. The van der Waals surface area contributed by atoms with Gasteiger partial charge in [-0.1, -0.05) is 31.5 Å². The quantitative estimate of drug-likeness (QED) is 0.739. The van der Waals surface area contributed by atoms with Crippen LogP contribution < -0.4 is 4.84 Å². The minimum absolute atomic E-state index is 0.0485. The molecule has 7 nitrogen and oxygen atoms in total. The second-order valence-electron chi connectivity index (χ2n) is 5.58. The van der Waals surface area contributed by atoms with Crippen molar-refractivity contribution in [1.82, 2.24) is 9.71 Å². The molecule has 3 rings (SSSR count). The van der Waals surface area contributed by atoms with E-state index < -0.39 is 17.7 Å². The van der Waals surface area contributed by atoms with E-state index in [-0.39, 0.29) is 5.76 Å². The standard InChI is InChI=1S/C18H18N2O5/c1-3-6-13-16(18(23)25-20-14(21)9-10-15(20)22)24-17(19-13)12-8-5-4-7-11(12)2/h4-5,7-10,21-22H,3,6H2,1-2H3. The number of aromatic nitrogens is 2. The Labute approximate surface area is 144 Å². The lowest BCUT2D eigenvalue weighted by atomic mass is 10.1. The van der Waals surface area contributed by atoms with Crippen LogP contribution in [-0.2, 0) is 6.42 Å².